The van der Waals surface area contributed by atoms with Crippen LogP contribution in [0.15, 0.2) is 34.8 Å². The van der Waals surface area contributed by atoms with Crippen molar-refractivity contribution in [3.63, 3.8) is 0 Å². The highest BCUT2D eigenvalue weighted by Gasteiger charge is 2.16. The molecule has 1 N–H and O–H groups in total. The van der Waals surface area contributed by atoms with Gasteiger partial charge in [-0.15, -0.1) is 0 Å². The third-order valence-corrected chi connectivity index (χ3v) is 3.63. The Bertz CT molecular complexity index is 798. The van der Waals surface area contributed by atoms with Crippen molar-refractivity contribution in [2.24, 2.45) is 0 Å². The number of ether oxygens (including phenoxy) is 1. The van der Waals surface area contributed by atoms with Crippen molar-refractivity contribution in [1.82, 2.24) is 9.97 Å². The number of aryl methyl sites for hydroxylation is 1. The lowest BCUT2D eigenvalue weighted by Crippen LogP contribution is -1.92. The molecule has 0 aliphatic carbocycles. The van der Waals surface area contributed by atoms with Gasteiger partial charge in [-0.05, 0) is 36.8 Å². The van der Waals surface area contributed by atoms with Crippen molar-refractivity contribution in [3.05, 3.63) is 46.2 Å². The average molecular weight is 335 g/mol. The van der Waals surface area contributed by atoms with Gasteiger partial charge in [-0.3, -0.25) is 0 Å². The predicted octanol–water partition coefficient (Wildman–Crippen LogP) is 4.45. The summed E-state index contributed by atoms with van der Waals surface area (Å²) < 4.78 is 20.3. The van der Waals surface area contributed by atoms with Crippen molar-refractivity contribution >= 4 is 27.0 Å². The van der Waals surface area contributed by atoms with Crippen LogP contribution in [0, 0.1) is 12.7 Å². The summed E-state index contributed by atoms with van der Waals surface area (Å²) in [6, 6.07) is 8.63. The molecule has 3 nitrogen and oxygen atoms in total. The van der Waals surface area contributed by atoms with E-state index in [1.807, 2.05) is 19.1 Å². The number of imidazole rings is 1. The second kappa shape index (κ2) is 4.90. The van der Waals surface area contributed by atoms with Gasteiger partial charge in [-0.25, -0.2) is 9.37 Å². The van der Waals surface area contributed by atoms with E-state index < -0.39 is 0 Å². The number of rotatable bonds is 2. The summed E-state index contributed by atoms with van der Waals surface area (Å²) in [4.78, 5) is 7.64. The number of hydrogen-bond acceptors (Lipinski definition) is 2. The average Bonchev–Trinajstić information content (AvgIpc) is 2.81. The lowest BCUT2D eigenvalue weighted by molar-refractivity contribution is 0.413. The van der Waals surface area contributed by atoms with Crippen LogP contribution in [0.2, 0.25) is 0 Å². The number of halogens is 2. The third kappa shape index (κ3) is 2.08. The quantitative estimate of drug-likeness (QED) is 0.751. The minimum atomic E-state index is -0.361. The number of methoxy groups -OCH3 is 1. The molecule has 0 radical (unpaired) electrons. The molecule has 1 heterocycles. The van der Waals surface area contributed by atoms with Crippen LogP contribution in [0.5, 0.6) is 5.75 Å². The largest absolute Gasteiger partial charge is 0.496 e. The second-order valence-electron chi connectivity index (χ2n) is 4.52. The Morgan fingerprint density at radius 3 is 2.85 bits per heavy atom. The summed E-state index contributed by atoms with van der Waals surface area (Å²) in [7, 11) is 1.52. The molecule has 102 valence electrons. The topological polar surface area (TPSA) is 37.9 Å². The van der Waals surface area contributed by atoms with Crippen molar-refractivity contribution in [1.29, 1.82) is 0 Å². The van der Waals surface area contributed by atoms with Gasteiger partial charge in [0.15, 0.2) is 0 Å². The van der Waals surface area contributed by atoms with E-state index in [4.69, 9.17) is 4.74 Å². The van der Waals surface area contributed by atoms with Gasteiger partial charge in [0.05, 0.1) is 23.7 Å². The maximum absolute atomic E-state index is 14.1. The fourth-order valence-corrected chi connectivity index (χ4v) is 2.84. The molecule has 0 spiro atoms. The Morgan fingerprint density at radius 1 is 1.30 bits per heavy atom. The molecule has 0 aliphatic heterocycles. The Kier molecular flexibility index (Phi) is 3.22. The van der Waals surface area contributed by atoms with E-state index in [0.717, 1.165) is 21.1 Å². The molecule has 0 fully saturated rings. The standard InChI is InChI=1S/C15H12BrFN2O/c1-8-6-9(16)7-11-14(8)19-15(18-11)13-10(17)4-3-5-12(13)20-2/h3-7H,1-2H3,(H,18,19). The van der Waals surface area contributed by atoms with Crippen molar-refractivity contribution < 1.29 is 9.13 Å². The van der Waals surface area contributed by atoms with E-state index in [2.05, 4.69) is 25.9 Å². The van der Waals surface area contributed by atoms with Crippen molar-refractivity contribution in [3.8, 4) is 17.1 Å². The Hall–Kier alpha value is -1.88. The molecule has 0 amide bonds. The molecule has 0 saturated carbocycles. The van der Waals surface area contributed by atoms with E-state index in [0.29, 0.717) is 17.1 Å². The molecular weight excluding hydrogens is 323 g/mol. The van der Waals surface area contributed by atoms with Gasteiger partial charge in [0.2, 0.25) is 0 Å². The van der Waals surface area contributed by atoms with Crippen LogP contribution in [0.25, 0.3) is 22.4 Å². The summed E-state index contributed by atoms with van der Waals surface area (Å²) >= 11 is 3.44. The summed E-state index contributed by atoms with van der Waals surface area (Å²) in [5, 5.41) is 0. The second-order valence-corrected chi connectivity index (χ2v) is 5.44. The summed E-state index contributed by atoms with van der Waals surface area (Å²) in [6.45, 7) is 1.97. The zero-order chi connectivity index (χ0) is 14.3. The van der Waals surface area contributed by atoms with Crippen LogP contribution in [-0.4, -0.2) is 17.1 Å². The number of hydrogen-bond donors (Lipinski definition) is 1. The zero-order valence-electron chi connectivity index (χ0n) is 11.0. The number of nitrogens with one attached hydrogen (secondary N) is 1. The minimum Gasteiger partial charge on any atom is -0.496 e. The lowest BCUT2D eigenvalue weighted by atomic mass is 10.2. The molecular formula is C15H12BrFN2O. The molecule has 0 atom stereocenters. The number of fused-ring (bicyclic) bond motifs is 1. The van der Waals surface area contributed by atoms with E-state index >= 15 is 0 Å². The van der Waals surface area contributed by atoms with Gasteiger partial charge >= 0.3 is 0 Å². The van der Waals surface area contributed by atoms with Gasteiger partial charge in [-0.2, -0.15) is 0 Å². The highest BCUT2D eigenvalue weighted by atomic mass is 79.9. The predicted molar refractivity (Wildman–Crippen MR) is 80.5 cm³/mol. The van der Waals surface area contributed by atoms with Crippen LogP contribution in [0.4, 0.5) is 4.39 Å². The molecule has 2 aromatic carbocycles. The van der Waals surface area contributed by atoms with Crippen LogP contribution in [0.1, 0.15) is 5.56 Å². The van der Waals surface area contributed by atoms with Crippen LogP contribution in [0.3, 0.4) is 0 Å². The van der Waals surface area contributed by atoms with E-state index in [-0.39, 0.29) is 5.82 Å². The maximum atomic E-state index is 14.1. The molecule has 1 aromatic heterocycles. The molecule has 3 rings (SSSR count). The Balaban J connectivity index is 2.28. The van der Waals surface area contributed by atoms with Crippen LogP contribution in [-0.2, 0) is 0 Å². The first kappa shape index (κ1) is 13.1. The monoisotopic (exact) mass is 334 g/mol. The van der Waals surface area contributed by atoms with Gasteiger partial charge in [0.1, 0.15) is 17.4 Å². The molecule has 5 heteroatoms. The van der Waals surface area contributed by atoms with Crippen LogP contribution < -0.4 is 4.74 Å². The Morgan fingerprint density at radius 2 is 2.10 bits per heavy atom. The SMILES string of the molecule is COc1cccc(F)c1-c1nc2c(C)cc(Br)cc2[nH]1. The molecule has 20 heavy (non-hydrogen) atoms. The summed E-state index contributed by atoms with van der Waals surface area (Å²) in [6.07, 6.45) is 0. The fourth-order valence-electron chi connectivity index (χ4n) is 2.27. The number of aromatic nitrogens is 2. The third-order valence-electron chi connectivity index (χ3n) is 3.17. The number of benzene rings is 2. The first-order chi connectivity index (χ1) is 9.60. The van der Waals surface area contributed by atoms with Gasteiger partial charge in [-0.1, -0.05) is 22.0 Å². The molecule has 0 unspecified atom stereocenters. The molecule has 0 bridgehead atoms. The normalized spacial score (nSPS) is 11.0. The van der Waals surface area contributed by atoms with E-state index in [1.165, 1.54) is 13.2 Å². The van der Waals surface area contributed by atoms with E-state index in [9.17, 15) is 4.39 Å². The lowest BCUT2D eigenvalue weighted by Gasteiger charge is -2.06. The highest BCUT2D eigenvalue weighted by molar-refractivity contribution is 9.10. The number of nitrogens with zero attached hydrogens (tertiary/aromatic N) is 1. The number of H-pyrrole nitrogens is 1. The highest BCUT2D eigenvalue weighted by Crippen LogP contribution is 2.33. The van der Waals surface area contributed by atoms with Crippen molar-refractivity contribution in [2.45, 2.75) is 6.92 Å². The molecule has 3 aromatic rings. The summed E-state index contributed by atoms with van der Waals surface area (Å²) in [5.41, 5.74) is 3.06. The summed E-state index contributed by atoms with van der Waals surface area (Å²) in [5.74, 6) is 0.567. The molecule has 0 aliphatic rings. The molecule has 0 saturated heterocycles. The maximum Gasteiger partial charge on any atom is 0.145 e. The minimum absolute atomic E-state index is 0.349. The van der Waals surface area contributed by atoms with Gasteiger partial charge in [0, 0.05) is 4.47 Å². The smallest absolute Gasteiger partial charge is 0.145 e. The fraction of sp³-hybridized carbons (Fsp3) is 0.133. The van der Waals surface area contributed by atoms with Gasteiger partial charge in [0.25, 0.3) is 0 Å². The Labute approximate surface area is 123 Å². The van der Waals surface area contributed by atoms with Crippen molar-refractivity contribution in [2.75, 3.05) is 7.11 Å². The van der Waals surface area contributed by atoms with Crippen LogP contribution >= 0.6 is 15.9 Å². The number of aromatic amines is 1. The van der Waals surface area contributed by atoms with E-state index in [1.54, 1.807) is 12.1 Å². The zero-order valence-corrected chi connectivity index (χ0v) is 12.6. The first-order valence-electron chi connectivity index (χ1n) is 6.09. The first-order valence-corrected chi connectivity index (χ1v) is 6.88. The van der Waals surface area contributed by atoms with Gasteiger partial charge < -0.3 is 9.72 Å².